The molecule has 1 N–H and O–H groups in total. The summed E-state index contributed by atoms with van der Waals surface area (Å²) in [7, 11) is 0. The largest absolute Gasteiger partial charge is 0.344 e. The number of H-pyrrole nitrogens is 1. The molecule has 4 heteroatoms. The molecule has 1 aliphatic carbocycles. The van der Waals surface area contributed by atoms with Gasteiger partial charge >= 0.3 is 0 Å². The molecule has 0 radical (unpaired) electrons. The molecule has 0 bridgehead atoms. The lowest BCUT2D eigenvalue weighted by Gasteiger charge is -2.29. The van der Waals surface area contributed by atoms with Crippen LogP contribution in [0.5, 0.6) is 0 Å². The maximum absolute atomic E-state index is 12.2. The first-order valence-corrected chi connectivity index (χ1v) is 6.66. The van der Waals surface area contributed by atoms with Crippen molar-refractivity contribution in [3.63, 3.8) is 0 Å². The van der Waals surface area contributed by atoms with Gasteiger partial charge in [-0.2, -0.15) is 5.10 Å². The Bertz CT molecular complexity index is 620. The first-order chi connectivity index (χ1) is 8.96. The quantitative estimate of drug-likeness (QED) is 0.899. The van der Waals surface area contributed by atoms with Crippen molar-refractivity contribution in [1.82, 2.24) is 14.8 Å². The molecular weight excluding hydrogens is 238 g/mol. The second kappa shape index (κ2) is 4.08. The summed E-state index contributed by atoms with van der Waals surface area (Å²) in [5.74, 6) is 0.278. The number of aromatic nitrogens is 3. The van der Waals surface area contributed by atoms with Crippen molar-refractivity contribution in [2.45, 2.75) is 40.2 Å². The molecule has 0 aliphatic heterocycles. The standard InChI is InChI=1S/C15H19N3O/c1-10-4-12-13(5-15(2,3)6-14(12)19)18(10)9-11-7-16-17-8-11/h4,7-8H,5-6,9H2,1-3H3,(H,16,17). The molecule has 0 unspecified atom stereocenters. The fourth-order valence-electron chi connectivity index (χ4n) is 2.97. The number of carbonyl (C=O) groups excluding carboxylic acids is 1. The second-order valence-corrected chi connectivity index (χ2v) is 6.28. The van der Waals surface area contributed by atoms with Crippen molar-refractivity contribution in [2.24, 2.45) is 5.41 Å². The predicted octanol–water partition coefficient (Wildman–Crippen LogP) is 2.72. The zero-order chi connectivity index (χ0) is 13.6. The first-order valence-electron chi connectivity index (χ1n) is 6.66. The van der Waals surface area contributed by atoms with E-state index < -0.39 is 0 Å². The van der Waals surface area contributed by atoms with Gasteiger partial charge in [-0.3, -0.25) is 9.89 Å². The number of rotatable bonds is 2. The number of aromatic amines is 1. The SMILES string of the molecule is Cc1cc2c(n1Cc1cn[nH]c1)CC(C)(C)CC2=O. The Morgan fingerprint density at radius 2 is 2.21 bits per heavy atom. The third-order valence-electron chi connectivity index (χ3n) is 3.90. The lowest BCUT2D eigenvalue weighted by molar-refractivity contribution is 0.0910. The minimum Gasteiger partial charge on any atom is -0.344 e. The van der Waals surface area contributed by atoms with E-state index >= 15 is 0 Å². The summed E-state index contributed by atoms with van der Waals surface area (Å²) in [5, 5.41) is 6.82. The van der Waals surface area contributed by atoms with E-state index in [4.69, 9.17) is 0 Å². The van der Waals surface area contributed by atoms with Crippen LogP contribution in [0.1, 0.15) is 47.6 Å². The molecule has 3 rings (SSSR count). The summed E-state index contributed by atoms with van der Waals surface area (Å²) in [6.07, 6.45) is 5.35. The average molecular weight is 257 g/mol. The van der Waals surface area contributed by atoms with Crippen molar-refractivity contribution < 1.29 is 4.79 Å². The van der Waals surface area contributed by atoms with E-state index in [1.807, 2.05) is 18.5 Å². The molecular formula is C15H19N3O. The van der Waals surface area contributed by atoms with Crippen molar-refractivity contribution >= 4 is 5.78 Å². The van der Waals surface area contributed by atoms with E-state index in [1.54, 1.807) is 0 Å². The van der Waals surface area contributed by atoms with Gasteiger partial charge in [0.1, 0.15) is 0 Å². The highest BCUT2D eigenvalue weighted by Gasteiger charge is 2.33. The smallest absolute Gasteiger partial charge is 0.165 e. The number of hydrogen-bond donors (Lipinski definition) is 1. The molecule has 0 aromatic carbocycles. The van der Waals surface area contributed by atoms with Crippen molar-refractivity contribution in [2.75, 3.05) is 0 Å². The minimum absolute atomic E-state index is 0.0586. The van der Waals surface area contributed by atoms with Gasteiger partial charge in [0.25, 0.3) is 0 Å². The summed E-state index contributed by atoms with van der Waals surface area (Å²) in [4.78, 5) is 12.2. The van der Waals surface area contributed by atoms with Crippen LogP contribution >= 0.6 is 0 Å². The van der Waals surface area contributed by atoms with Gasteiger partial charge in [-0.1, -0.05) is 13.8 Å². The van der Waals surface area contributed by atoms with Crippen LogP contribution in [0.3, 0.4) is 0 Å². The van der Waals surface area contributed by atoms with Crippen molar-refractivity contribution in [3.8, 4) is 0 Å². The minimum atomic E-state index is 0.0586. The fraction of sp³-hybridized carbons (Fsp3) is 0.467. The number of Topliss-reactive ketones (excluding diaryl/α,β-unsaturated/α-hetero) is 1. The fourth-order valence-corrected chi connectivity index (χ4v) is 2.97. The molecule has 0 spiro atoms. The van der Waals surface area contributed by atoms with Crippen LogP contribution in [0, 0.1) is 12.3 Å². The molecule has 4 nitrogen and oxygen atoms in total. The third-order valence-corrected chi connectivity index (χ3v) is 3.90. The maximum Gasteiger partial charge on any atom is 0.165 e. The molecule has 1 aliphatic rings. The molecule has 2 heterocycles. The number of hydrogen-bond acceptors (Lipinski definition) is 2. The van der Waals surface area contributed by atoms with E-state index in [1.165, 1.54) is 5.69 Å². The molecule has 19 heavy (non-hydrogen) atoms. The van der Waals surface area contributed by atoms with Gasteiger partial charge in [0.15, 0.2) is 5.78 Å². The molecule has 0 saturated heterocycles. The zero-order valence-electron chi connectivity index (χ0n) is 11.7. The van der Waals surface area contributed by atoms with Gasteiger partial charge < -0.3 is 4.57 Å². The van der Waals surface area contributed by atoms with Crippen molar-refractivity contribution in [1.29, 1.82) is 0 Å². The summed E-state index contributed by atoms with van der Waals surface area (Å²) < 4.78 is 2.25. The first kappa shape index (κ1) is 12.2. The second-order valence-electron chi connectivity index (χ2n) is 6.28. The molecule has 100 valence electrons. The van der Waals surface area contributed by atoms with E-state index in [0.717, 1.165) is 29.8 Å². The van der Waals surface area contributed by atoms with E-state index in [0.29, 0.717) is 6.42 Å². The molecule has 0 fully saturated rings. The van der Waals surface area contributed by atoms with Crippen LogP contribution in [-0.2, 0) is 13.0 Å². The Balaban J connectivity index is 2.04. The summed E-state index contributed by atoms with van der Waals surface area (Å²) >= 11 is 0. The van der Waals surface area contributed by atoms with Crippen LogP contribution in [0.15, 0.2) is 18.5 Å². The van der Waals surface area contributed by atoms with Gasteiger partial charge in [0, 0.05) is 35.1 Å². The Labute approximate surface area is 112 Å². The Morgan fingerprint density at radius 3 is 2.89 bits per heavy atom. The van der Waals surface area contributed by atoms with Crippen LogP contribution < -0.4 is 0 Å². The lowest BCUT2D eigenvalue weighted by Crippen LogP contribution is -2.28. The van der Waals surface area contributed by atoms with Crippen molar-refractivity contribution in [3.05, 3.63) is 41.0 Å². The van der Waals surface area contributed by atoms with Gasteiger partial charge in [-0.25, -0.2) is 0 Å². The molecule has 0 atom stereocenters. The van der Waals surface area contributed by atoms with E-state index in [9.17, 15) is 4.79 Å². The highest BCUT2D eigenvalue weighted by Crippen LogP contribution is 2.36. The summed E-state index contributed by atoms with van der Waals surface area (Å²) in [6.45, 7) is 7.18. The van der Waals surface area contributed by atoms with Crippen LogP contribution in [0.4, 0.5) is 0 Å². The average Bonchev–Trinajstić information content (AvgIpc) is 2.90. The maximum atomic E-state index is 12.2. The number of nitrogens with zero attached hydrogens (tertiary/aromatic N) is 2. The molecule has 0 saturated carbocycles. The Hall–Kier alpha value is -1.84. The number of nitrogens with one attached hydrogen (secondary N) is 1. The normalized spacial score (nSPS) is 17.5. The monoisotopic (exact) mass is 257 g/mol. The Morgan fingerprint density at radius 1 is 1.42 bits per heavy atom. The topological polar surface area (TPSA) is 50.7 Å². The number of aryl methyl sites for hydroxylation is 1. The molecule has 2 aromatic rings. The zero-order valence-corrected chi connectivity index (χ0v) is 11.7. The van der Waals surface area contributed by atoms with Crippen LogP contribution in [0.2, 0.25) is 0 Å². The summed E-state index contributed by atoms with van der Waals surface area (Å²) in [6, 6.07) is 2.03. The van der Waals surface area contributed by atoms with Crippen LogP contribution in [-0.4, -0.2) is 20.5 Å². The lowest BCUT2D eigenvalue weighted by atomic mass is 9.76. The highest BCUT2D eigenvalue weighted by atomic mass is 16.1. The van der Waals surface area contributed by atoms with E-state index in [-0.39, 0.29) is 11.2 Å². The van der Waals surface area contributed by atoms with Gasteiger partial charge in [0.05, 0.1) is 12.7 Å². The molecule has 2 aromatic heterocycles. The third kappa shape index (κ3) is 2.11. The predicted molar refractivity (Wildman–Crippen MR) is 73.3 cm³/mol. The highest BCUT2D eigenvalue weighted by molar-refractivity contribution is 5.99. The van der Waals surface area contributed by atoms with Gasteiger partial charge in [-0.15, -0.1) is 0 Å². The van der Waals surface area contributed by atoms with Crippen LogP contribution in [0.25, 0.3) is 0 Å². The van der Waals surface area contributed by atoms with Gasteiger partial charge in [0.2, 0.25) is 0 Å². The molecule has 0 amide bonds. The van der Waals surface area contributed by atoms with E-state index in [2.05, 4.69) is 35.5 Å². The number of carbonyl (C=O) groups is 1. The Kier molecular flexibility index (Phi) is 2.62. The van der Waals surface area contributed by atoms with Gasteiger partial charge in [-0.05, 0) is 24.8 Å². The number of ketones is 1. The summed E-state index contributed by atoms with van der Waals surface area (Å²) in [5.41, 5.74) is 4.44. The number of fused-ring (bicyclic) bond motifs is 1.